The van der Waals surface area contributed by atoms with Crippen LogP contribution in [0.15, 0.2) is 146 Å². The summed E-state index contributed by atoms with van der Waals surface area (Å²) < 4.78 is 6.74. The summed E-state index contributed by atoms with van der Waals surface area (Å²) in [6.07, 6.45) is 0. The highest BCUT2D eigenvalue weighted by atomic mass is 15.3. The average Bonchev–Trinajstić information content (AvgIpc) is 3.74. The van der Waals surface area contributed by atoms with Crippen molar-refractivity contribution in [3.05, 3.63) is 146 Å². The first kappa shape index (κ1) is 24.2. The van der Waals surface area contributed by atoms with Gasteiger partial charge in [0.25, 0.3) is 0 Å². The molecular weight excluding hydrogens is 552 g/mol. The molecule has 6 aromatic carbocycles. The minimum atomic E-state index is 0.617. The van der Waals surface area contributed by atoms with Gasteiger partial charge in [-0.05, 0) is 41.8 Å². The zero-order valence-corrected chi connectivity index (χ0v) is 24.0. The normalized spacial score (nSPS) is 12.0. The van der Waals surface area contributed by atoms with E-state index in [4.69, 9.17) is 15.0 Å². The van der Waals surface area contributed by atoms with E-state index in [9.17, 15) is 0 Å². The molecule has 0 bridgehead atoms. The van der Waals surface area contributed by atoms with E-state index in [0.29, 0.717) is 5.95 Å². The molecular formula is C39H24N6. The monoisotopic (exact) mass is 576 g/mol. The van der Waals surface area contributed by atoms with Gasteiger partial charge in [0.1, 0.15) is 5.52 Å². The minimum absolute atomic E-state index is 0.617. The molecule has 4 aromatic heterocycles. The number of nitrogens with zero attached hydrogens (tertiary/aromatic N) is 6. The molecule has 0 radical (unpaired) electrons. The lowest BCUT2D eigenvalue weighted by atomic mass is 10.0. The Balaban J connectivity index is 1.44. The van der Waals surface area contributed by atoms with E-state index in [2.05, 4.69) is 141 Å². The summed E-state index contributed by atoms with van der Waals surface area (Å²) in [5.41, 5.74) is 8.98. The lowest BCUT2D eigenvalue weighted by Crippen LogP contribution is -2.07. The van der Waals surface area contributed by atoms with Gasteiger partial charge in [0.15, 0.2) is 5.65 Å². The highest BCUT2D eigenvalue weighted by molar-refractivity contribution is 6.12. The number of aromatic nitrogens is 6. The lowest BCUT2D eigenvalue weighted by molar-refractivity contribution is 0.971. The van der Waals surface area contributed by atoms with E-state index in [0.717, 1.165) is 77.5 Å². The van der Waals surface area contributed by atoms with Crippen molar-refractivity contribution < 1.29 is 0 Å². The molecule has 4 heterocycles. The van der Waals surface area contributed by atoms with Crippen molar-refractivity contribution in [2.24, 2.45) is 0 Å². The van der Waals surface area contributed by atoms with Crippen LogP contribution in [-0.2, 0) is 0 Å². The first-order chi connectivity index (χ1) is 22.3. The van der Waals surface area contributed by atoms with Gasteiger partial charge in [-0.25, -0.2) is 15.0 Å². The highest BCUT2D eigenvalue weighted by Gasteiger charge is 2.26. The van der Waals surface area contributed by atoms with Crippen LogP contribution in [0.5, 0.6) is 0 Å². The molecule has 0 atom stereocenters. The SMILES string of the molecule is c1ccc(-c2nc(-n3c4ccccc4c4c3n(-c3ccccc3)c3nc5ccccc5n43)nc3c2ccc2ccccc23)cc1. The van der Waals surface area contributed by atoms with Crippen LogP contribution in [0.4, 0.5) is 0 Å². The van der Waals surface area contributed by atoms with Gasteiger partial charge in [0, 0.05) is 21.7 Å². The molecule has 10 aromatic rings. The number of fused-ring (bicyclic) bond motifs is 10. The second-order valence-corrected chi connectivity index (χ2v) is 11.4. The molecule has 10 rings (SSSR count). The fourth-order valence-electron chi connectivity index (χ4n) is 6.90. The van der Waals surface area contributed by atoms with E-state index in [1.165, 1.54) is 0 Å². The van der Waals surface area contributed by atoms with Crippen LogP contribution in [0.25, 0.3) is 83.4 Å². The third-order valence-corrected chi connectivity index (χ3v) is 8.84. The number of hydrogen-bond acceptors (Lipinski definition) is 3. The Kier molecular flexibility index (Phi) is 4.90. The lowest BCUT2D eigenvalue weighted by Gasteiger charge is -2.14. The Bertz CT molecular complexity index is 2750. The maximum atomic E-state index is 5.39. The van der Waals surface area contributed by atoms with Gasteiger partial charge in [-0.3, -0.25) is 13.5 Å². The van der Waals surface area contributed by atoms with Crippen molar-refractivity contribution in [3.8, 4) is 22.9 Å². The molecule has 0 spiro atoms. The molecule has 0 saturated carbocycles. The average molecular weight is 577 g/mol. The molecule has 0 amide bonds. The zero-order valence-electron chi connectivity index (χ0n) is 24.0. The molecule has 0 unspecified atom stereocenters. The van der Waals surface area contributed by atoms with E-state index in [-0.39, 0.29) is 0 Å². The number of benzene rings is 6. The quantitative estimate of drug-likeness (QED) is 0.197. The van der Waals surface area contributed by atoms with Crippen molar-refractivity contribution in [1.29, 1.82) is 0 Å². The van der Waals surface area contributed by atoms with Crippen LogP contribution in [0.3, 0.4) is 0 Å². The maximum Gasteiger partial charge on any atom is 0.237 e. The van der Waals surface area contributed by atoms with E-state index in [1.807, 2.05) is 18.2 Å². The van der Waals surface area contributed by atoms with Crippen LogP contribution in [0.2, 0.25) is 0 Å². The second-order valence-electron chi connectivity index (χ2n) is 11.4. The molecule has 0 aliphatic heterocycles. The zero-order chi connectivity index (χ0) is 29.5. The fourth-order valence-corrected chi connectivity index (χ4v) is 6.90. The second kappa shape index (κ2) is 9.11. The number of rotatable bonds is 3. The van der Waals surface area contributed by atoms with Gasteiger partial charge in [-0.2, -0.15) is 0 Å². The number of imidazole rings is 2. The first-order valence-electron chi connectivity index (χ1n) is 15.1. The van der Waals surface area contributed by atoms with Crippen molar-refractivity contribution >= 4 is 60.6 Å². The Labute approximate surface area is 257 Å². The van der Waals surface area contributed by atoms with Crippen LogP contribution in [0, 0.1) is 0 Å². The standard InChI is InChI=1S/C39H24N6/c1-3-14-26(15-4-1)34-30-24-23-25-13-7-8-18-28(25)35(30)42-38(41-34)45-32-21-11-9-19-29(32)36-37(45)43(27-16-5-2-6-17-27)39-40-31-20-10-12-22-33(31)44(36)39/h1-24H. The van der Waals surface area contributed by atoms with Crippen LogP contribution >= 0.6 is 0 Å². The smallest absolute Gasteiger partial charge is 0.237 e. The summed E-state index contributed by atoms with van der Waals surface area (Å²) in [6, 6.07) is 50.5. The van der Waals surface area contributed by atoms with Gasteiger partial charge in [-0.15, -0.1) is 0 Å². The van der Waals surface area contributed by atoms with Gasteiger partial charge in [-0.1, -0.05) is 109 Å². The molecule has 45 heavy (non-hydrogen) atoms. The van der Waals surface area contributed by atoms with E-state index in [1.54, 1.807) is 0 Å². The van der Waals surface area contributed by atoms with Crippen LogP contribution < -0.4 is 0 Å². The summed E-state index contributed by atoms with van der Waals surface area (Å²) in [5.74, 6) is 1.47. The molecule has 0 saturated heterocycles. The van der Waals surface area contributed by atoms with Crippen molar-refractivity contribution in [2.45, 2.75) is 0 Å². The highest BCUT2D eigenvalue weighted by Crippen LogP contribution is 2.39. The van der Waals surface area contributed by atoms with Gasteiger partial charge >= 0.3 is 0 Å². The minimum Gasteiger partial charge on any atom is -0.274 e. The molecule has 0 aliphatic rings. The van der Waals surface area contributed by atoms with Gasteiger partial charge in [0.05, 0.1) is 33.4 Å². The Morgan fingerprint density at radius 3 is 2.00 bits per heavy atom. The maximum absolute atomic E-state index is 5.39. The summed E-state index contributed by atoms with van der Waals surface area (Å²) >= 11 is 0. The Morgan fingerprint density at radius 2 is 1.16 bits per heavy atom. The number of hydrogen-bond donors (Lipinski definition) is 0. The third kappa shape index (κ3) is 3.36. The van der Waals surface area contributed by atoms with Crippen molar-refractivity contribution in [2.75, 3.05) is 0 Å². The number of para-hydroxylation sites is 4. The first-order valence-corrected chi connectivity index (χ1v) is 15.1. The predicted molar refractivity (Wildman–Crippen MR) is 182 cm³/mol. The molecule has 6 nitrogen and oxygen atoms in total. The molecule has 6 heteroatoms. The summed E-state index contributed by atoms with van der Waals surface area (Å²) in [6.45, 7) is 0. The Hall–Kier alpha value is -6.27. The summed E-state index contributed by atoms with van der Waals surface area (Å²) in [7, 11) is 0. The summed E-state index contributed by atoms with van der Waals surface area (Å²) in [4.78, 5) is 15.9. The molecule has 0 fully saturated rings. The van der Waals surface area contributed by atoms with Crippen molar-refractivity contribution in [3.63, 3.8) is 0 Å². The van der Waals surface area contributed by atoms with Crippen molar-refractivity contribution in [1.82, 2.24) is 28.5 Å². The molecule has 210 valence electrons. The fraction of sp³-hybridized carbons (Fsp3) is 0. The summed E-state index contributed by atoms with van der Waals surface area (Å²) in [5, 5.41) is 4.38. The van der Waals surface area contributed by atoms with E-state index >= 15 is 0 Å². The van der Waals surface area contributed by atoms with E-state index < -0.39 is 0 Å². The molecule has 0 aliphatic carbocycles. The van der Waals surface area contributed by atoms with Crippen LogP contribution in [-0.4, -0.2) is 28.5 Å². The predicted octanol–water partition coefficient (Wildman–Crippen LogP) is 9.14. The third-order valence-electron chi connectivity index (χ3n) is 8.84. The van der Waals surface area contributed by atoms with Crippen LogP contribution in [0.1, 0.15) is 0 Å². The van der Waals surface area contributed by atoms with Gasteiger partial charge in [0.2, 0.25) is 11.7 Å². The Morgan fingerprint density at radius 1 is 0.467 bits per heavy atom. The topological polar surface area (TPSA) is 52.9 Å². The van der Waals surface area contributed by atoms with Gasteiger partial charge < -0.3 is 0 Å². The molecule has 0 N–H and O–H groups in total. The largest absolute Gasteiger partial charge is 0.274 e.